The molecule has 0 amide bonds. The normalized spacial score (nSPS) is 21.7. The minimum absolute atomic E-state index is 0.238. The van der Waals surface area contributed by atoms with E-state index >= 15 is 0 Å². The van der Waals surface area contributed by atoms with E-state index in [0.717, 1.165) is 43.0 Å². The lowest BCUT2D eigenvalue weighted by atomic mass is 10.00. The summed E-state index contributed by atoms with van der Waals surface area (Å²) in [5, 5.41) is 2.82. The predicted octanol–water partition coefficient (Wildman–Crippen LogP) is 1.79. The largest absolute Gasteiger partial charge is 0.370 e. The second-order valence-electron chi connectivity index (χ2n) is 7.32. The van der Waals surface area contributed by atoms with Crippen LogP contribution in [-0.4, -0.2) is 44.0 Å². The van der Waals surface area contributed by atoms with Crippen LogP contribution in [0.3, 0.4) is 0 Å². The summed E-state index contributed by atoms with van der Waals surface area (Å²) in [5.74, 6) is 6.14. The zero-order valence-electron chi connectivity index (χ0n) is 15.8. The van der Waals surface area contributed by atoms with E-state index in [1.807, 2.05) is 40.9 Å². The summed E-state index contributed by atoms with van der Waals surface area (Å²) in [5.41, 5.74) is 3.47. The monoisotopic (exact) mass is 378 g/mol. The summed E-state index contributed by atoms with van der Waals surface area (Å²) < 4.78 is 0. The molecule has 7 nitrogen and oxygen atoms in total. The third-order valence-corrected chi connectivity index (χ3v) is 5.75. The third kappa shape index (κ3) is 2.83. The van der Waals surface area contributed by atoms with Gasteiger partial charge in [0, 0.05) is 26.6 Å². The Hall–Kier alpha value is -3.23. The Balaban J connectivity index is 1.80. The van der Waals surface area contributed by atoms with Crippen LogP contribution in [0.25, 0.3) is 0 Å². The van der Waals surface area contributed by atoms with Crippen molar-refractivity contribution in [1.82, 2.24) is 5.32 Å². The Kier molecular flexibility index (Phi) is 4.81. The molecule has 0 saturated carbocycles. The first-order valence-corrected chi connectivity index (χ1v) is 9.61. The van der Waals surface area contributed by atoms with Crippen molar-refractivity contribution in [2.24, 2.45) is 0 Å². The molecule has 3 heterocycles. The summed E-state index contributed by atoms with van der Waals surface area (Å²) in [6, 6.07) is 5.60. The van der Waals surface area contributed by atoms with Crippen molar-refractivity contribution in [2.75, 3.05) is 34.8 Å². The Morgan fingerprint density at radius 3 is 2.43 bits per heavy atom. The fourth-order valence-corrected chi connectivity index (χ4v) is 4.42. The van der Waals surface area contributed by atoms with Gasteiger partial charge in [0.2, 0.25) is 5.82 Å². The van der Waals surface area contributed by atoms with E-state index in [1.165, 1.54) is 6.42 Å². The average Bonchev–Trinajstić information content (AvgIpc) is 3.05. The summed E-state index contributed by atoms with van der Waals surface area (Å²) in [7, 11) is 1.85. The first-order chi connectivity index (χ1) is 13.7. The number of nitrogens with one attached hydrogen (secondary N) is 1. The van der Waals surface area contributed by atoms with Gasteiger partial charge in [0.1, 0.15) is 23.3 Å². The standard InChI is InChI=1S/C21H22N4O3/c1-23-20(14-28)25(17-9-8-15(12-26)22-16(17)13-27)19-7-5-6-18(21(19)23)24-10-3-2-4-11-24/h5-7,17,22H,2-4,8-11H2,1H3. The SMILES string of the molecule is CN1C(=C=O)N(C2CCC(=C=O)NC2=C=O)c2cccc(N3CCCCC3)c21. The van der Waals surface area contributed by atoms with Crippen molar-refractivity contribution >= 4 is 34.9 Å². The summed E-state index contributed by atoms with van der Waals surface area (Å²) >= 11 is 0. The highest BCUT2D eigenvalue weighted by molar-refractivity contribution is 5.96. The molecule has 28 heavy (non-hydrogen) atoms. The molecule has 2 saturated heterocycles. The molecule has 7 heteroatoms. The number of fused-ring (bicyclic) bond motifs is 1. The van der Waals surface area contributed by atoms with Gasteiger partial charge in [-0.15, -0.1) is 0 Å². The maximum Gasteiger partial charge on any atom is 0.201 e. The van der Waals surface area contributed by atoms with E-state index in [0.29, 0.717) is 24.4 Å². The molecule has 0 spiro atoms. The number of para-hydroxylation sites is 1. The minimum atomic E-state index is -0.411. The number of hydrogen-bond donors (Lipinski definition) is 1. The second-order valence-corrected chi connectivity index (χ2v) is 7.32. The molecule has 1 aromatic rings. The molecule has 144 valence electrons. The zero-order chi connectivity index (χ0) is 19.7. The first-order valence-electron chi connectivity index (χ1n) is 9.61. The summed E-state index contributed by atoms with van der Waals surface area (Å²) in [6.45, 7) is 1.98. The lowest BCUT2D eigenvalue weighted by molar-refractivity contribution is 0.527. The minimum Gasteiger partial charge on any atom is -0.370 e. The quantitative estimate of drug-likeness (QED) is 0.787. The second kappa shape index (κ2) is 7.41. The van der Waals surface area contributed by atoms with E-state index in [4.69, 9.17) is 0 Å². The van der Waals surface area contributed by atoms with Gasteiger partial charge < -0.3 is 20.0 Å². The number of allylic oxidation sites excluding steroid dienone is 1. The van der Waals surface area contributed by atoms with Gasteiger partial charge in [0.25, 0.3) is 0 Å². The van der Waals surface area contributed by atoms with Gasteiger partial charge in [0.15, 0.2) is 5.94 Å². The van der Waals surface area contributed by atoms with E-state index in [2.05, 4.69) is 22.2 Å². The van der Waals surface area contributed by atoms with Crippen LogP contribution in [0.4, 0.5) is 17.1 Å². The molecular weight excluding hydrogens is 356 g/mol. The number of benzene rings is 1. The van der Waals surface area contributed by atoms with Crippen LogP contribution in [0, 0.1) is 0 Å². The highest BCUT2D eigenvalue weighted by Gasteiger charge is 2.40. The average molecular weight is 378 g/mol. The molecule has 3 aliphatic rings. The van der Waals surface area contributed by atoms with Gasteiger partial charge in [0.05, 0.1) is 23.1 Å². The smallest absolute Gasteiger partial charge is 0.201 e. The molecule has 1 aromatic carbocycles. The fraction of sp³-hybridized carbons (Fsp3) is 0.429. The van der Waals surface area contributed by atoms with Crippen LogP contribution < -0.4 is 20.0 Å². The lowest BCUT2D eigenvalue weighted by Gasteiger charge is -2.33. The van der Waals surface area contributed by atoms with Gasteiger partial charge >= 0.3 is 0 Å². The molecular formula is C21H22N4O3. The third-order valence-electron chi connectivity index (χ3n) is 5.75. The molecule has 1 atom stereocenters. The van der Waals surface area contributed by atoms with Crippen LogP contribution in [0.15, 0.2) is 35.4 Å². The molecule has 1 unspecified atom stereocenters. The van der Waals surface area contributed by atoms with Crippen LogP contribution >= 0.6 is 0 Å². The lowest BCUT2D eigenvalue weighted by Crippen LogP contribution is -2.44. The zero-order valence-corrected chi connectivity index (χ0v) is 15.8. The maximum absolute atomic E-state index is 11.9. The summed E-state index contributed by atoms with van der Waals surface area (Å²) in [4.78, 5) is 40.5. The predicted molar refractivity (Wildman–Crippen MR) is 107 cm³/mol. The van der Waals surface area contributed by atoms with Crippen LogP contribution in [0.1, 0.15) is 32.1 Å². The highest BCUT2D eigenvalue weighted by Crippen LogP contribution is 2.48. The molecule has 1 N–H and O–H groups in total. The van der Waals surface area contributed by atoms with Crippen LogP contribution in [0.2, 0.25) is 0 Å². The van der Waals surface area contributed by atoms with Crippen LogP contribution in [0.5, 0.6) is 0 Å². The summed E-state index contributed by atoms with van der Waals surface area (Å²) in [6.07, 6.45) is 4.50. The van der Waals surface area contributed by atoms with Crippen LogP contribution in [-0.2, 0) is 14.4 Å². The Labute approximate surface area is 163 Å². The number of anilines is 3. The van der Waals surface area contributed by atoms with Crippen molar-refractivity contribution in [3.63, 3.8) is 0 Å². The fourth-order valence-electron chi connectivity index (χ4n) is 4.42. The van der Waals surface area contributed by atoms with Crippen molar-refractivity contribution in [1.29, 1.82) is 0 Å². The van der Waals surface area contributed by atoms with E-state index in [9.17, 15) is 14.4 Å². The molecule has 2 fully saturated rings. The molecule has 0 radical (unpaired) electrons. The van der Waals surface area contributed by atoms with E-state index in [1.54, 1.807) is 0 Å². The molecule has 0 bridgehead atoms. The topological polar surface area (TPSA) is 73.0 Å². The van der Waals surface area contributed by atoms with Crippen molar-refractivity contribution in [3.05, 3.63) is 35.4 Å². The van der Waals surface area contributed by atoms with Gasteiger partial charge in [-0.3, -0.25) is 0 Å². The van der Waals surface area contributed by atoms with E-state index < -0.39 is 6.04 Å². The van der Waals surface area contributed by atoms with Crippen molar-refractivity contribution in [3.8, 4) is 0 Å². The number of nitrogens with zero attached hydrogens (tertiary/aromatic N) is 3. The molecule has 0 aliphatic carbocycles. The van der Waals surface area contributed by atoms with Gasteiger partial charge in [-0.1, -0.05) is 6.07 Å². The Bertz CT molecular complexity index is 946. The van der Waals surface area contributed by atoms with Crippen molar-refractivity contribution in [2.45, 2.75) is 38.1 Å². The number of carbonyl (C=O) groups excluding carboxylic acids is 3. The van der Waals surface area contributed by atoms with Gasteiger partial charge in [-0.25, -0.2) is 14.4 Å². The molecule has 4 rings (SSSR count). The van der Waals surface area contributed by atoms with E-state index in [-0.39, 0.29) is 5.70 Å². The maximum atomic E-state index is 11.9. The highest BCUT2D eigenvalue weighted by atomic mass is 16.1. The van der Waals surface area contributed by atoms with Crippen molar-refractivity contribution < 1.29 is 14.4 Å². The number of hydrogen-bond acceptors (Lipinski definition) is 7. The Morgan fingerprint density at radius 1 is 1.00 bits per heavy atom. The van der Waals surface area contributed by atoms with Gasteiger partial charge in [-0.05, 0) is 37.8 Å². The molecule has 0 aromatic heterocycles. The Morgan fingerprint density at radius 2 is 1.75 bits per heavy atom. The number of rotatable bonds is 2. The first kappa shape index (κ1) is 18.1. The number of piperidine rings is 2. The van der Waals surface area contributed by atoms with Gasteiger partial charge in [-0.2, -0.15) is 0 Å². The molecule has 3 aliphatic heterocycles.